The second kappa shape index (κ2) is 2.34. The zero-order valence-electron chi connectivity index (χ0n) is 7.29. The van der Waals surface area contributed by atoms with E-state index in [0.29, 0.717) is 12.5 Å². The van der Waals surface area contributed by atoms with Gasteiger partial charge in [0.15, 0.2) is 0 Å². The van der Waals surface area contributed by atoms with Crippen LogP contribution in [0, 0.1) is 5.92 Å². The average molecular weight is 173 g/mol. The van der Waals surface area contributed by atoms with E-state index in [0.717, 1.165) is 6.42 Å². The number of amides is 1. The fourth-order valence-electron chi connectivity index (χ4n) is 2.20. The molecule has 3 rings (SSSR count). The minimum absolute atomic E-state index is 0.237. The number of fused-ring (bicyclic) bond motifs is 3. The summed E-state index contributed by atoms with van der Waals surface area (Å²) in [5, 5.41) is 2.95. The van der Waals surface area contributed by atoms with E-state index in [2.05, 4.69) is 23.5 Å². The third-order valence-electron chi connectivity index (χ3n) is 3.03. The fourth-order valence-corrected chi connectivity index (χ4v) is 2.20. The molecule has 0 radical (unpaired) electrons. The lowest BCUT2D eigenvalue weighted by atomic mass is 10.0. The van der Waals surface area contributed by atoms with Crippen molar-refractivity contribution in [2.24, 2.45) is 5.92 Å². The summed E-state index contributed by atoms with van der Waals surface area (Å²) in [6, 6.07) is 8.36. The van der Waals surface area contributed by atoms with Gasteiger partial charge in [-0.2, -0.15) is 0 Å². The van der Waals surface area contributed by atoms with Crippen LogP contribution in [-0.2, 0) is 11.3 Å². The van der Waals surface area contributed by atoms with Gasteiger partial charge in [-0.1, -0.05) is 24.3 Å². The van der Waals surface area contributed by atoms with E-state index in [1.807, 2.05) is 6.07 Å². The van der Waals surface area contributed by atoms with Crippen molar-refractivity contribution in [2.75, 3.05) is 0 Å². The average Bonchev–Trinajstić information content (AvgIpc) is 2.93. The second-order valence-electron chi connectivity index (χ2n) is 3.87. The van der Waals surface area contributed by atoms with Gasteiger partial charge in [0.1, 0.15) is 0 Å². The van der Waals surface area contributed by atoms with Gasteiger partial charge in [0, 0.05) is 12.5 Å². The van der Waals surface area contributed by atoms with Crippen LogP contribution < -0.4 is 5.32 Å². The van der Waals surface area contributed by atoms with Crippen LogP contribution in [0.4, 0.5) is 0 Å². The Morgan fingerprint density at radius 2 is 2.08 bits per heavy atom. The van der Waals surface area contributed by atoms with Crippen molar-refractivity contribution >= 4 is 5.91 Å². The van der Waals surface area contributed by atoms with Crippen LogP contribution in [0.1, 0.15) is 23.5 Å². The highest BCUT2D eigenvalue weighted by Gasteiger charge is 2.46. The van der Waals surface area contributed by atoms with E-state index >= 15 is 0 Å². The zero-order valence-corrected chi connectivity index (χ0v) is 7.29. The van der Waals surface area contributed by atoms with Gasteiger partial charge in [-0.3, -0.25) is 4.79 Å². The Balaban J connectivity index is 2.08. The van der Waals surface area contributed by atoms with E-state index in [1.165, 1.54) is 11.1 Å². The van der Waals surface area contributed by atoms with Crippen molar-refractivity contribution < 1.29 is 4.79 Å². The van der Waals surface area contributed by atoms with E-state index in [-0.39, 0.29) is 11.8 Å². The molecule has 2 unspecified atom stereocenters. The van der Waals surface area contributed by atoms with Crippen LogP contribution in [0.2, 0.25) is 0 Å². The van der Waals surface area contributed by atoms with E-state index < -0.39 is 0 Å². The molecule has 0 spiro atoms. The van der Waals surface area contributed by atoms with E-state index in [4.69, 9.17) is 0 Å². The fraction of sp³-hybridized carbons (Fsp3) is 0.364. The lowest BCUT2D eigenvalue weighted by Gasteiger charge is -2.05. The van der Waals surface area contributed by atoms with Gasteiger partial charge in [-0.15, -0.1) is 0 Å². The first-order valence-electron chi connectivity index (χ1n) is 4.72. The van der Waals surface area contributed by atoms with Gasteiger partial charge in [-0.05, 0) is 23.5 Å². The second-order valence-corrected chi connectivity index (χ2v) is 3.87. The van der Waals surface area contributed by atoms with E-state index in [9.17, 15) is 4.79 Å². The molecule has 1 fully saturated rings. The molecule has 2 heteroatoms. The van der Waals surface area contributed by atoms with Crippen molar-refractivity contribution in [1.29, 1.82) is 0 Å². The number of hydrogen-bond donors (Lipinski definition) is 1. The largest absolute Gasteiger partial charge is 0.352 e. The van der Waals surface area contributed by atoms with Crippen LogP contribution in [0.15, 0.2) is 24.3 Å². The molecule has 13 heavy (non-hydrogen) atoms. The SMILES string of the molecule is O=C1NCc2ccccc2C2CC12. The first-order chi connectivity index (χ1) is 6.36. The summed E-state index contributed by atoms with van der Waals surface area (Å²) in [6.45, 7) is 0.710. The Kier molecular flexibility index (Phi) is 1.29. The van der Waals surface area contributed by atoms with Gasteiger partial charge >= 0.3 is 0 Å². The quantitative estimate of drug-likeness (QED) is 0.631. The molecule has 1 aromatic rings. The maximum Gasteiger partial charge on any atom is 0.224 e. The third kappa shape index (κ3) is 0.981. The van der Waals surface area contributed by atoms with Gasteiger partial charge in [-0.25, -0.2) is 0 Å². The Labute approximate surface area is 77.0 Å². The number of rotatable bonds is 0. The molecule has 2 aliphatic rings. The summed E-state index contributed by atoms with van der Waals surface area (Å²) in [5.74, 6) is 1.02. The molecule has 1 aliphatic carbocycles. The third-order valence-corrected chi connectivity index (χ3v) is 3.03. The minimum Gasteiger partial charge on any atom is -0.352 e. The van der Waals surface area contributed by atoms with Crippen LogP contribution in [0.25, 0.3) is 0 Å². The maximum atomic E-state index is 11.4. The molecule has 66 valence electrons. The molecule has 2 nitrogen and oxygen atoms in total. The molecular weight excluding hydrogens is 162 g/mol. The number of carbonyl (C=O) groups is 1. The van der Waals surface area contributed by atoms with Crippen LogP contribution in [-0.4, -0.2) is 5.91 Å². The molecule has 0 saturated heterocycles. The van der Waals surface area contributed by atoms with Crippen molar-refractivity contribution in [3.8, 4) is 0 Å². The van der Waals surface area contributed by atoms with Gasteiger partial charge in [0.25, 0.3) is 0 Å². The summed E-state index contributed by atoms with van der Waals surface area (Å²) in [6.07, 6.45) is 1.04. The van der Waals surface area contributed by atoms with Gasteiger partial charge in [0.2, 0.25) is 5.91 Å². The van der Waals surface area contributed by atoms with Gasteiger partial charge < -0.3 is 5.32 Å². The molecule has 1 N–H and O–H groups in total. The molecule has 2 atom stereocenters. The number of benzene rings is 1. The van der Waals surface area contributed by atoms with Crippen LogP contribution >= 0.6 is 0 Å². The summed E-state index contributed by atoms with van der Waals surface area (Å²) in [4.78, 5) is 11.4. The van der Waals surface area contributed by atoms with Crippen molar-refractivity contribution in [1.82, 2.24) is 5.32 Å². The van der Waals surface area contributed by atoms with E-state index in [1.54, 1.807) is 0 Å². The molecule has 1 amide bonds. The number of hydrogen-bond acceptors (Lipinski definition) is 1. The first-order valence-corrected chi connectivity index (χ1v) is 4.72. The minimum atomic E-state index is 0.237. The van der Waals surface area contributed by atoms with Crippen molar-refractivity contribution in [3.63, 3.8) is 0 Å². The molecule has 1 saturated carbocycles. The lowest BCUT2D eigenvalue weighted by Crippen LogP contribution is -2.22. The van der Waals surface area contributed by atoms with Crippen molar-refractivity contribution in [2.45, 2.75) is 18.9 Å². The normalized spacial score (nSPS) is 29.7. The molecule has 1 aromatic carbocycles. The smallest absolute Gasteiger partial charge is 0.224 e. The molecule has 0 aromatic heterocycles. The topological polar surface area (TPSA) is 29.1 Å². The van der Waals surface area contributed by atoms with Crippen LogP contribution in [0.5, 0.6) is 0 Å². The highest BCUT2D eigenvalue weighted by molar-refractivity contribution is 5.83. The predicted molar refractivity (Wildman–Crippen MR) is 49.1 cm³/mol. The lowest BCUT2D eigenvalue weighted by molar-refractivity contribution is -0.122. The summed E-state index contributed by atoms with van der Waals surface area (Å²) in [7, 11) is 0. The molecule has 1 aliphatic heterocycles. The highest BCUT2D eigenvalue weighted by Crippen LogP contribution is 2.49. The first kappa shape index (κ1) is 7.13. The summed E-state index contributed by atoms with van der Waals surface area (Å²) < 4.78 is 0. The highest BCUT2D eigenvalue weighted by atomic mass is 16.2. The monoisotopic (exact) mass is 173 g/mol. The molecule has 0 bridgehead atoms. The maximum absolute atomic E-state index is 11.4. The van der Waals surface area contributed by atoms with Crippen molar-refractivity contribution in [3.05, 3.63) is 35.4 Å². The van der Waals surface area contributed by atoms with Gasteiger partial charge in [0.05, 0.1) is 0 Å². The Hall–Kier alpha value is -1.31. The summed E-state index contributed by atoms with van der Waals surface area (Å²) >= 11 is 0. The Morgan fingerprint density at radius 1 is 1.23 bits per heavy atom. The van der Waals surface area contributed by atoms with Crippen LogP contribution in [0.3, 0.4) is 0 Å². The summed E-state index contributed by atoms with van der Waals surface area (Å²) in [5.41, 5.74) is 2.67. The number of nitrogens with one attached hydrogen (secondary N) is 1. The number of carbonyl (C=O) groups excluding carboxylic acids is 1. The molecule has 1 heterocycles. The standard InChI is InChI=1S/C11H11NO/c13-11-10-5-9(10)8-4-2-1-3-7(8)6-12-11/h1-4,9-10H,5-6H2,(H,12,13). The zero-order chi connectivity index (χ0) is 8.84. The molecular formula is C11H11NO. The predicted octanol–water partition coefficient (Wildman–Crippen LogP) is 1.42. The Morgan fingerprint density at radius 3 is 3.00 bits per heavy atom. The Bertz CT molecular complexity index is 372.